The fraction of sp³-hybridized carbons (Fsp3) is 0.533. The van der Waals surface area contributed by atoms with Gasteiger partial charge in [-0.25, -0.2) is 8.42 Å². The Morgan fingerprint density at radius 3 is 2.40 bits per heavy atom. The lowest BCUT2D eigenvalue weighted by atomic mass is 10.1. The largest absolute Gasteiger partial charge is 0.294 e. The Morgan fingerprint density at radius 2 is 1.80 bits per heavy atom. The van der Waals surface area contributed by atoms with Crippen molar-refractivity contribution in [3.8, 4) is 0 Å². The quantitative estimate of drug-likeness (QED) is 0.803. The van der Waals surface area contributed by atoms with Gasteiger partial charge in [-0.2, -0.15) is 4.31 Å². The van der Waals surface area contributed by atoms with Gasteiger partial charge in [0.15, 0.2) is 5.78 Å². The highest BCUT2D eigenvalue weighted by atomic mass is 32.2. The summed E-state index contributed by atoms with van der Waals surface area (Å²) in [5.74, 6) is -0.0297. The summed E-state index contributed by atoms with van der Waals surface area (Å²) in [6.45, 7) is 2.93. The molecular weight excluding hydrogens is 274 g/mol. The predicted molar refractivity (Wildman–Crippen MR) is 78.3 cm³/mol. The summed E-state index contributed by atoms with van der Waals surface area (Å²) in [6, 6.07) is 6.40. The summed E-state index contributed by atoms with van der Waals surface area (Å²) in [6.07, 6.45) is 4.37. The number of benzene rings is 1. The van der Waals surface area contributed by atoms with Crippen LogP contribution in [0, 0.1) is 0 Å². The summed E-state index contributed by atoms with van der Waals surface area (Å²) >= 11 is 0. The maximum absolute atomic E-state index is 12.6. The first-order valence-electron chi connectivity index (χ1n) is 7.19. The molecule has 1 aliphatic heterocycles. The van der Waals surface area contributed by atoms with Gasteiger partial charge in [-0.15, -0.1) is 0 Å². The molecule has 0 bridgehead atoms. The van der Waals surface area contributed by atoms with Crippen LogP contribution >= 0.6 is 0 Å². The van der Waals surface area contributed by atoms with E-state index < -0.39 is 10.0 Å². The van der Waals surface area contributed by atoms with Crippen LogP contribution in [-0.4, -0.2) is 31.6 Å². The molecule has 1 heterocycles. The molecule has 20 heavy (non-hydrogen) atoms. The van der Waals surface area contributed by atoms with E-state index in [0.29, 0.717) is 25.1 Å². The lowest BCUT2D eigenvalue weighted by Crippen LogP contribution is -2.32. The van der Waals surface area contributed by atoms with E-state index in [2.05, 4.69) is 0 Å². The first kappa shape index (κ1) is 15.2. The summed E-state index contributed by atoms with van der Waals surface area (Å²) < 4.78 is 26.8. The lowest BCUT2D eigenvalue weighted by molar-refractivity contribution is 0.0988. The van der Waals surface area contributed by atoms with E-state index in [4.69, 9.17) is 0 Å². The first-order valence-corrected chi connectivity index (χ1v) is 8.63. The SMILES string of the molecule is CCC(=O)c1cccc(S(=O)(=O)N2CCCCCC2)c1. The smallest absolute Gasteiger partial charge is 0.243 e. The monoisotopic (exact) mass is 295 g/mol. The third-order valence-electron chi connectivity index (χ3n) is 3.68. The average molecular weight is 295 g/mol. The summed E-state index contributed by atoms with van der Waals surface area (Å²) in [4.78, 5) is 12.0. The normalized spacial score (nSPS) is 17.6. The van der Waals surface area contributed by atoms with Crippen molar-refractivity contribution in [2.24, 2.45) is 0 Å². The van der Waals surface area contributed by atoms with Crippen LogP contribution in [0.15, 0.2) is 29.2 Å². The van der Waals surface area contributed by atoms with E-state index in [1.165, 1.54) is 6.07 Å². The van der Waals surface area contributed by atoms with Crippen molar-refractivity contribution in [3.63, 3.8) is 0 Å². The minimum absolute atomic E-state index is 0.0297. The minimum Gasteiger partial charge on any atom is -0.294 e. The number of hydrogen-bond donors (Lipinski definition) is 0. The number of nitrogens with zero attached hydrogens (tertiary/aromatic N) is 1. The van der Waals surface area contributed by atoms with E-state index in [1.54, 1.807) is 29.4 Å². The van der Waals surface area contributed by atoms with Crippen molar-refractivity contribution in [1.29, 1.82) is 0 Å². The van der Waals surface area contributed by atoms with Gasteiger partial charge in [0.2, 0.25) is 10.0 Å². The molecule has 4 nitrogen and oxygen atoms in total. The Bertz CT molecular complexity index is 573. The van der Waals surface area contributed by atoms with Crippen LogP contribution in [0.25, 0.3) is 0 Å². The third-order valence-corrected chi connectivity index (χ3v) is 5.57. The van der Waals surface area contributed by atoms with Gasteiger partial charge in [-0.1, -0.05) is 31.9 Å². The van der Waals surface area contributed by atoms with Gasteiger partial charge in [0.1, 0.15) is 0 Å². The average Bonchev–Trinajstić information content (AvgIpc) is 2.76. The molecule has 0 aliphatic carbocycles. The number of carbonyl (C=O) groups is 1. The molecule has 2 rings (SSSR count). The van der Waals surface area contributed by atoms with E-state index in [9.17, 15) is 13.2 Å². The summed E-state index contributed by atoms with van der Waals surface area (Å²) in [5, 5.41) is 0. The molecule has 1 aromatic rings. The van der Waals surface area contributed by atoms with Crippen molar-refractivity contribution in [2.45, 2.75) is 43.9 Å². The van der Waals surface area contributed by atoms with Gasteiger partial charge >= 0.3 is 0 Å². The molecule has 0 spiro atoms. The van der Waals surface area contributed by atoms with Crippen molar-refractivity contribution in [2.75, 3.05) is 13.1 Å². The second kappa shape index (κ2) is 6.50. The number of ketones is 1. The maximum atomic E-state index is 12.6. The Labute approximate surface area is 120 Å². The number of hydrogen-bond acceptors (Lipinski definition) is 3. The summed E-state index contributed by atoms with van der Waals surface area (Å²) in [5.41, 5.74) is 0.475. The van der Waals surface area contributed by atoms with Gasteiger partial charge in [0.25, 0.3) is 0 Å². The maximum Gasteiger partial charge on any atom is 0.243 e. The highest BCUT2D eigenvalue weighted by Gasteiger charge is 2.25. The van der Waals surface area contributed by atoms with Crippen LogP contribution in [0.1, 0.15) is 49.4 Å². The predicted octanol–water partition coefficient (Wildman–Crippen LogP) is 2.84. The van der Waals surface area contributed by atoms with Crippen LogP contribution in [-0.2, 0) is 10.0 Å². The molecule has 1 aliphatic rings. The molecule has 0 amide bonds. The lowest BCUT2D eigenvalue weighted by Gasteiger charge is -2.20. The molecular formula is C15H21NO3S. The van der Waals surface area contributed by atoms with Gasteiger partial charge in [0, 0.05) is 25.1 Å². The van der Waals surface area contributed by atoms with Crippen molar-refractivity contribution < 1.29 is 13.2 Å². The second-order valence-corrected chi connectivity index (χ2v) is 7.06. The highest BCUT2D eigenvalue weighted by molar-refractivity contribution is 7.89. The van der Waals surface area contributed by atoms with E-state index in [0.717, 1.165) is 25.7 Å². The van der Waals surface area contributed by atoms with Crippen molar-refractivity contribution >= 4 is 15.8 Å². The molecule has 0 saturated carbocycles. The molecule has 0 N–H and O–H groups in total. The molecule has 0 atom stereocenters. The molecule has 1 fully saturated rings. The van der Waals surface area contributed by atoms with Crippen LogP contribution < -0.4 is 0 Å². The van der Waals surface area contributed by atoms with Crippen LogP contribution in [0.2, 0.25) is 0 Å². The fourth-order valence-corrected chi connectivity index (χ4v) is 4.03. The van der Waals surface area contributed by atoms with Gasteiger partial charge < -0.3 is 0 Å². The van der Waals surface area contributed by atoms with E-state index in [-0.39, 0.29) is 10.7 Å². The standard InChI is InChI=1S/C15H21NO3S/c1-2-15(17)13-8-7-9-14(12-13)20(18,19)16-10-5-3-4-6-11-16/h7-9,12H,2-6,10-11H2,1H3. The Morgan fingerprint density at radius 1 is 1.15 bits per heavy atom. The van der Waals surface area contributed by atoms with Gasteiger partial charge in [-0.3, -0.25) is 4.79 Å². The van der Waals surface area contributed by atoms with Crippen molar-refractivity contribution in [3.05, 3.63) is 29.8 Å². The zero-order valence-electron chi connectivity index (χ0n) is 11.8. The van der Waals surface area contributed by atoms with Gasteiger partial charge in [-0.05, 0) is 25.0 Å². The molecule has 0 unspecified atom stereocenters. The third kappa shape index (κ3) is 3.27. The zero-order chi connectivity index (χ0) is 14.6. The zero-order valence-corrected chi connectivity index (χ0v) is 12.7. The number of carbonyl (C=O) groups excluding carboxylic acids is 1. The highest BCUT2D eigenvalue weighted by Crippen LogP contribution is 2.21. The number of rotatable bonds is 4. The Hall–Kier alpha value is -1.20. The minimum atomic E-state index is -3.47. The molecule has 0 radical (unpaired) electrons. The van der Waals surface area contributed by atoms with Gasteiger partial charge in [0.05, 0.1) is 4.90 Å². The van der Waals surface area contributed by atoms with E-state index in [1.807, 2.05) is 0 Å². The van der Waals surface area contributed by atoms with Crippen LogP contribution in [0.3, 0.4) is 0 Å². The van der Waals surface area contributed by atoms with Crippen molar-refractivity contribution in [1.82, 2.24) is 4.31 Å². The topological polar surface area (TPSA) is 54.5 Å². The Balaban J connectivity index is 2.31. The molecule has 0 aromatic heterocycles. The first-order chi connectivity index (χ1) is 9.55. The van der Waals surface area contributed by atoms with Crippen LogP contribution in [0.4, 0.5) is 0 Å². The molecule has 110 valence electrons. The number of Topliss-reactive ketones (excluding diaryl/α,β-unsaturated/α-hetero) is 1. The Kier molecular flexibility index (Phi) is 4.94. The van der Waals surface area contributed by atoms with E-state index >= 15 is 0 Å². The number of sulfonamides is 1. The molecule has 1 saturated heterocycles. The fourth-order valence-electron chi connectivity index (χ4n) is 2.47. The second-order valence-electron chi connectivity index (χ2n) is 5.12. The molecule has 5 heteroatoms. The molecule has 1 aromatic carbocycles. The summed E-state index contributed by atoms with van der Waals surface area (Å²) in [7, 11) is -3.47. The van der Waals surface area contributed by atoms with Crippen LogP contribution in [0.5, 0.6) is 0 Å².